The van der Waals surface area contributed by atoms with Crippen LogP contribution >= 0.6 is 11.3 Å². The van der Waals surface area contributed by atoms with Gasteiger partial charge >= 0.3 is 0 Å². The molecule has 0 radical (unpaired) electrons. The summed E-state index contributed by atoms with van der Waals surface area (Å²) >= 11 is 1.39. The molecule has 1 aromatic carbocycles. The maximum absolute atomic E-state index is 13.5. The summed E-state index contributed by atoms with van der Waals surface area (Å²) in [6.45, 7) is 6.30. The molecule has 2 heterocycles. The predicted molar refractivity (Wildman–Crippen MR) is 88.9 cm³/mol. The Morgan fingerprint density at radius 2 is 2.14 bits per heavy atom. The Morgan fingerprint density at radius 1 is 1.32 bits per heavy atom. The average Bonchev–Trinajstić information content (AvgIpc) is 2.98. The predicted octanol–water partition coefficient (Wildman–Crippen LogP) is 3.89. The molecule has 1 aliphatic rings. The molecule has 0 amide bonds. The smallest absolute Gasteiger partial charge is 0.138 e. The van der Waals surface area contributed by atoms with E-state index >= 15 is 0 Å². The minimum atomic E-state index is -0.129. The summed E-state index contributed by atoms with van der Waals surface area (Å²) in [5.74, 6) is -0.129. The largest absolute Gasteiger partial charge is 0.381 e. The number of hydrogen-bond acceptors (Lipinski definition) is 4. The first kappa shape index (κ1) is 15.5. The van der Waals surface area contributed by atoms with E-state index in [4.69, 9.17) is 4.74 Å². The van der Waals surface area contributed by atoms with Gasteiger partial charge in [-0.1, -0.05) is 12.1 Å². The van der Waals surface area contributed by atoms with Gasteiger partial charge in [0, 0.05) is 42.3 Å². The van der Waals surface area contributed by atoms with Gasteiger partial charge in [0.2, 0.25) is 0 Å². The Labute approximate surface area is 134 Å². The third-order valence-corrected chi connectivity index (χ3v) is 4.90. The molecule has 1 saturated heterocycles. The maximum Gasteiger partial charge on any atom is 0.138 e. The van der Waals surface area contributed by atoms with Crippen LogP contribution in [0.4, 0.5) is 10.1 Å². The highest BCUT2D eigenvalue weighted by atomic mass is 32.1. The Bertz CT molecular complexity index is 610. The second-order valence-electron chi connectivity index (χ2n) is 5.55. The minimum absolute atomic E-state index is 0.129. The van der Waals surface area contributed by atoms with Crippen LogP contribution in [-0.2, 0) is 11.3 Å². The van der Waals surface area contributed by atoms with Crippen molar-refractivity contribution >= 4 is 17.0 Å². The molecule has 1 aliphatic heterocycles. The van der Waals surface area contributed by atoms with Gasteiger partial charge in [0.1, 0.15) is 5.82 Å². The van der Waals surface area contributed by atoms with Crippen LogP contribution < -0.4 is 5.32 Å². The lowest BCUT2D eigenvalue weighted by Gasteiger charge is -2.32. The van der Waals surface area contributed by atoms with Gasteiger partial charge in [-0.3, -0.25) is 4.90 Å². The third kappa shape index (κ3) is 3.66. The van der Waals surface area contributed by atoms with E-state index in [-0.39, 0.29) is 5.82 Å². The lowest BCUT2D eigenvalue weighted by molar-refractivity contribution is 0.0199. The molecule has 1 aromatic heterocycles. The van der Waals surface area contributed by atoms with Crippen LogP contribution in [0.2, 0.25) is 0 Å². The highest BCUT2D eigenvalue weighted by Crippen LogP contribution is 2.24. The number of ether oxygens (including phenoxy) is 1. The van der Waals surface area contributed by atoms with Crippen LogP contribution in [0.5, 0.6) is 0 Å². The van der Waals surface area contributed by atoms with Crippen LogP contribution in [0, 0.1) is 5.82 Å². The summed E-state index contributed by atoms with van der Waals surface area (Å²) in [6, 6.07) is 8.75. The topological polar surface area (TPSA) is 24.5 Å². The number of thiophene rings is 1. The van der Waals surface area contributed by atoms with Gasteiger partial charge in [-0.25, -0.2) is 4.39 Å². The summed E-state index contributed by atoms with van der Waals surface area (Å²) in [5, 5.41) is 6.69. The van der Waals surface area contributed by atoms with Gasteiger partial charge in [0.25, 0.3) is 0 Å². The van der Waals surface area contributed by atoms with Crippen molar-refractivity contribution in [3.8, 4) is 0 Å². The van der Waals surface area contributed by atoms with Crippen molar-refractivity contribution < 1.29 is 9.13 Å². The van der Waals surface area contributed by atoms with Crippen LogP contribution in [-0.4, -0.2) is 31.2 Å². The van der Waals surface area contributed by atoms with E-state index in [0.717, 1.165) is 37.6 Å². The Morgan fingerprint density at radius 3 is 2.86 bits per heavy atom. The standard InChI is InChI=1S/C17H21FN2OS/c1-13(20-5-7-21-8-6-20)14-3-2-4-16(9-14)19-10-15-11-22-12-17(15)18/h2-4,9,11-13,19H,5-8,10H2,1H3. The van der Waals surface area contributed by atoms with Crippen molar-refractivity contribution in [2.24, 2.45) is 0 Å². The zero-order valence-corrected chi connectivity index (χ0v) is 13.5. The van der Waals surface area contributed by atoms with E-state index in [9.17, 15) is 4.39 Å². The quantitative estimate of drug-likeness (QED) is 0.904. The fourth-order valence-electron chi connectivity index (χ4n) is 2.72. The van der Waals surface area contributed by atoms with Crippen molar-refractivity contribution in [1.29, 1.82) is 0 Å². The summed E-state index contributed by atoms with van der Waals surface area (Å²) in [6.07, 6.45) is 0. The molecule has 2 aromatic rings. The van der Waals surface area contributed by atoms with Gasteiger partial charge in [-0.2, -0.15) is 0 Å². The summed E-state index contributed by atoms with van der Waals surface area (Å²) < 4.78 is 18.9. The molecule has 1 fully saturated rings. The normalized spacial score (nSPS) is 17.4. The average molecular weight is 320 g/mol. The molecule has 3 nitrogen and oxygen atoms in total. The number of rotatable bonds is 5. The van der Waals surface area contributed by atoms with E-state index in [1.54, 1.807) is 0 Å². The van der Waals surface area contributed by atoms with Gasteiger partial charge < -0.3 is 10.1 Å². The van der Waals surface area contributed by atoms with Crippen LogP contribution in [0.1, 0.15) is 24.1 Å². The molecule has 0 aliphatic carbocycles. The zero-order valence-electron chi connectivity index (χ0n) is 12.7. The van der Waals surface area contributed by atoms with Crippen molar-refractivity contribution in [1.82, 2.24) is 4.90 Å². The second kappa shape index (κ2) is 7.22. The Kier molecular flexibility index (Phi) is 5.08. The molecule has 1 unspecified atom stereocenters. The lowest BCUT2D eigenvalue weighted by Crippen LogP contribution is -2.38. The molecular formula is C17H21FN2OS. The maximum atomic E-state index is 13.5. The van der Waals surface area contributed by atoms with Gasteiger partial charge in [0.15, 0.2) is 0 Å². The molecule has 0 saturated carbocycles. The molecule has 0 bridgehead atoms. The van der Waals surface area contributed by atoms with Gasteiger partial charge in [-0.15, -0.1) is 11.3 Å². The number of nitrogens with zero attached hydrogens (tertiary/aromatic N) is 1. The Balaban J connectivity index is 1.65. The zero-order chi connectivity index (χ0) is 15.4. The molecule has 3 rings (SSSR count). The Hall–Kier alpha value is -1.43. The monoisotopic (exact) mass is 320 g/mol. The summed E-state index contributed by atoms with van der Waals surface area (Å²) in [5.41, 5.74) is 3.03. The highest BCUT2D eigenvalue weighted by molar-refractivity contribution is 7.08. The fourth-order valence-corrected chi connectivity index (χ4v) is 3.41. The molecule has 22 heavy (non-hydrogen) atoms. The number of anilines is 1. The first-order valence-electron chi connectivity index (χ1n) is 7.60. The lowest BCUT2D eigenvalue weighted by atomic mass is 10.1. The molecule has 1 atom stereocenters. The van der Waals surface area contributed by atoms with E-state index < -0.39 is 0 Å². The number of halogens is 1. The second-order valence-corrected chi connectivity index (χ2v) is 6.29. The van der Waals surface area contributed by atoms with E-state index in [2.05, 4.69) is 35.3 Å². The first-order valence-corrected chi connectivity index (χ1v) is 8.54. The molecule has 118 valence electrons. The van der Waals surface area contributed by atoms with Crippen molar-refractivity contribution in [3.63, 3.8) is 0 Å². The molecule has 5 heteroatoms. The van der Waals surface area contributed by atoms with Crippen LogP contribution in [0.15, 0.2) is 35.0 Å². The SMILES string of the molecule is CC(c1cccc(NCc2cscc2F)c1)N1CCOCC1. The van der Waals surface area contributed by atoms with E-state index in [1.165, 1.54) is 22.3 Å². The number of nitrogens with one attached hydrogen (secondary N) is 1. The molecular weight excluding hydrogens is 299 g/mol. The van der Waals surface area contributed by atoms with Crippen LogP contribution in [0.25, 0.3) is 0 Å². The number of morpholine rings is 1. The van der Waals surface area contributed by atoms with Gasteiger partial charge in [0.05, 0.1) is 13.2 Å². The van der Waals surface area contributed by atoms with Crippen molar-refractivity contribution in [2.75, 3.05) is 31.6 Å². The van der Waals surface area contributed by atoms with Crippen molar-refractivity contribution in [2.45, 2.75) is 19.5 Å². The minimum Gasteiger partial charge on any atom is -0.381 e. The van der Waals surface area contributed by atoms with E-state index in [1.807, 2.05) is 11.4 Å². The number of hydrogen-bond donors (Lipinski definition) is 1. The fraction of sp³-hybridized carbons (Fsp3) is 0.412. The van der Waals surface area contributed by atoms with E-state index in [0.29, 0.717) is 12.6 Å². The summed E-state index contributed by atoms with van der Waals surface area (Å²) in [4.78, 5) is 2.43. The first-order chi connectivity index (χ1) is 10.7. The third-order valence-electron chi connectivity index (χ3n) is 4.13. The van der Waals surface area contributed by atoms with Crippen LogP contribution in [0.3, 0.4) is 0 Å². The van der Waals surface area contributed by atoms with Crippen molar-refractivity contribution in [3.05, 3.63) is 52.0 Å². The number of benzene rings is 1. The summed E-state index contributed by atoms with van der Waals surface area (Å²) in [7, 11) is 0. The van der Waals surface area contributed by atoms with Gasteiger partial charge in [-0.05, 0) is 30.0 Å². The molecule has 0 spiro atoms. The molecule has 1 N–H and O–H groups in total. The highest BCUT2D eigenvalue weighted by Gasteiger charge is 2.18.